The zero-order valence-corrected chi connectivity index (χ0v) is 10.4. The highest BCUT2D eigenvalue weighted by Crippen LogP contribution is 2.07. The SMILES string of the molecule is CN(Cc1cnccn1)CC1CCCN1.Cl. The van der Waals surface area contributed by atoms with Crippen molar-refractivity contribution in [3.05, 3.63) is 24.3 Å². The lowest BCUT2D eigenvalue weighted by Crippen LogP contribution is -2.35. The van der Waals surface area contributed by atoms with Gasteiger partial charge in [-0.2, -0.15) is 0 Å². The number of halogens is 1. The number of nitrogens with zero attached hydrogens (tertiary/aromatic N) is 3. The van der Waals surface area contributed by atoms with Gasteiger partial charge in [0, 0.05) is 37.7 Å². The van der Waals surface area contributed by atoms with E-state index in [0.717, 1.165) is 18.8 Å². The Kier molecular flexibility index (Phi) is 5.66. The molecule has 2 heterocycles. The first-order valence-corrected chi connectivity index (χ1v) is 5.51. The molecule has 1 aliphatic heterocycles. The van der Waals surface area contributed by atoms with Crippen LogP contribution >= 0.6 is 12.4 Å². The molecular formula is C11H19ClN4. The van der Waals surface area contributed by atoms with Crippen molar-refractivity contribution in [2.75, 3.05) is 20.1 Å². The minimum absolute atomic E-state index is 0. The molecule has 1 aliphatic rings. The zero-order valence-electron chi connectivity index (χ0n) is 9.59. The minimum Gasteiger partial charge on any atom is -0.313 e. The largest absolute Gasteiger partial charge is 0.313 e. The highest BCUT2D eigenvalue weighted by molar-refractivity contribution is 5.85. The van der Waals surface area contributed by atoms with Gasteiger partial charge in [-0.25, -0.2) is 0 Å². The van der Waals surface area contributed by atoms with Crippen molar-refractivity contribution < 1.29 is 0 Å². The van der Waals surface area contributed by atoms with Crippen molar-refractivity contribution in [3.63, 3.8) is 0 Å². The second-order valence-electron chi connectivity index (χ2n) is 4.19. The lowest BCUT2D eigenvalue weighted by atomic mass is 10.2. The summed E-state index contributed by atoms with van der Waals surface area (Å²) in [5, 5.41) is 3.50. The van der Waals surface area contributed by atoms with Gasteiger partial charge in [0.25, 0.3) is 0 Å². The summed E-state index contributed by atoms with van der Waals surface area (Å²) >= 11 is 0. The third kappa shape index (κ3) is 4.04. The van der Waals surface area contributed by atoms with Gasteiger partial charge < -0.3 is 5.32 Å². The average molecular weight is 243 g/mol. The summed E-state index contributed by atoms with van der Waals surface area (Å²) < 4.78 is 0. The van der Waals surface area contributed by atoms with E-state index in [1.165, 1.54) is 19.4 Å². The average Bonchev–Trinajstić information content (AvgIpc) is 2.71. The van der Waals surface area contributed by atoms with E-state index in [-0.39, 0.29) is 12.4 Å². The Morgan fingerprint density at radius 1 is 1.50 bits per heavy atom. The van der Waals surface area contributed by atoms with Crippen LogP contribution in [-0.2, 0) is 6.54 Å². The van der Waals surface area contributed by atoms with Crippen LogP contribution in [0.15, 0.2) is 18.6 Å². The van der Waals surface area contributed by atoms with E-state index >= 15 is 0 Å². The molecule has 90 valence electrons. The number of hydrogen-bond acceptors (Lipinski definition) is 4. The lowest BCUT2D eigenvalue weighted by molar-refractivity contribution is 0.290. The van der Waals surface area contributed by atoms with E-state index in [2.05, 4.69) is 27.2 Å². The summed E-state index contributed by atoms with van der Waals surface area (Å²) in [6.07, 6.45) is 7.89. The number of likely N-dealkylation sites (N-methyl/N-ethyl adjacent to an activating group) is 1. The molecule has 0 aromatic carbocycles. The van der Waals surface area contributed by atoms with Crippen molar-refractivity contribution in [1.82, 2.24) is 20.2 Å². The summed E-state index contributed by atoms with van der Waals surface area (Å²) in [6.45, 7) is 3.15. The number of aromatic nitrogens is 2. The summed E-state index contributed by atoms with van der Waals surface area (Å²) in [5.74, 6) is 0. The number of rotatable bonds is 4. The summed E-state index contributed by atoms with van der Waals surface area (Å²) in [4.78, 5) is 10.6. The van der Waals surface area contributed by atoms with Crippen LogP contribution in [0, 0.1) is 0 Å². The van der Waals surface area contributed by atoms with Crippen LogP contribution in [0.4, 0.5) is 0 Å². The normalized spacial score (nSPS) is 19.8. The Labute approximate surface area is 103 Å². The van der Waals surface area contributed by atoms with Gasteiger partial charge in [0.1, 0.15) is 0 Å². The van der Waals surface area contributed by atoms with E-state index in [9.17, 15) is 0 Å². The Balaban J connectivity index is 0.00000128. The van der Waals surface area contributed by atoms with Gasteiger partial charge in [-0.15, -0.1) is 12.4 Å². The molecule has 5 heteroatoms. The van der Waals surface area contributed by atoms with Gasteiger partial charge in [0.15, 0.2) is 0 Å². The summed E-state index contributed by atoms with van der Waals surface area (Å²) in [6, 6.07) is 0.659. The molecule has 1 unspecified atom stereocenters. The fourth-order valence-corrected chi connectivity index (χ4v) is 2.04. The highest BCUT2D eigenvalue weighted by Gasteiger charge is 2.15. The van der Waals surface area contributed by atoms with Crippen LogP contribution in [0.1, 0.15) is 18.5 Å². The van der Waals surface area contributed by atoms with Crippen molar-refractivity contribution >= 4 is 12.4 Å². The molecule has 0 bridgehead atoms. The first-order chi connectivity index (χ1) is 7.34. The Hall–Kier alpha value is -0.710. The van der Waals surface area contributed by atoms with E-state index in [1.807, 2.05) is 6.20 Å². The Morgan fingerprint density at radius 2 is 2.38 bits per heavy atom. The van der Waals surface area contributed by atoms with Crippen LogP contribution in [0.5, 0.6) is 0 Å². The third-order valence-electron chi connectivity index (χ3n) is 2.74. The van der Waals surface area contributed by atoms with Crippen molar-refractivity contribution in [1.29, 1.82) is 0 Å². The molecule has 1 fully saturated rings. The van der Waals surface area contributed by atoms with Crippen LogP contribution < -0.4 is 5.32 Å². The zero-order chi connectivity index (χ0) is 10.5. The molecule has 1 aromatic heterocycles. The molecule has 16 heavy (non-hydrogen) atoms. The molecule has 0 spiro atoms. The van der Waals surface area contributed by atoms with Crippen molar-refractivity contribution in [3.8, 4) is 0 Å². The monoisotopic (exact) mass is 242 g/mol. The molecule has 0 radical (unpaired) electrons. The maximum atomic E-state index is 4.27. The minimum atomic E-state index is 0. The van der Waals surface area contributed by atoms with E-state index < -0.39 is 0 Å². The maximum absolute atomic E-state index is 4.27. The first kappa shape index (κ1) is 13.4. The Bertz CT molecular complexity index is 287. The van der Waals surface area contributed by atoms with Gasteiger partial charge in [-0.3, -0.25) is 14.9 Å². The standard InChI is InChI=1S/C11H18N4.ClH/c1-15(8-10-3-2-4-13-10)9-11-7-12-5-6-14-11;/h5-7,10,13H,2-4,8-9H2,1H3;1H. The highest BCUT2D eigenvalue weighted by atomic mass is 35.5. The van der Waals surface area contributed by atoms with Crippen LogP contribution in [-0.4, -0.2) is 41.0 Å². The molecule has 0 aliphatic carbocycles. The molecular weight excluding hydrogens is 224 g/mol. The van der Waals surface area contributed by atoms with Crippen LogP contribution in [0.25, 0.3) is 0 Å². The van der Waals surface area contributed by atoms with Gasteiger partial charge in [-0.1, -0.05) is 0 Å². The van der Waals surface area contributed by atoms with Crippen molar-refractivity contribution in [2.45, 2.75) is 25.4 Å². The third-order valence-corrected chi connectivity index (χ3v) is 2.74. The Morgan fingerprint density at radius 3 is 3.00 bits per heavy atom. The van der Waals surface area contributed by atoms with Gasteiger partial charge in [0.05, 0.1) is 5.69 Å². The first-order valence-electron chi connectivity index (χ1n) is 5.51. The van der Waals surface area contributed by atoms with Crippen LogP contribution in [0.2, 0.25) is 0 Å². The predicted molar refractivity (Wildman–Crippen MR) is 66.6 cm³/mol. The molecule has 2 rings (SSSR count). The number of hydrogen-bond donors (Lipinski definition) is 1. The number of nitrogens with one attached hydrogen (secondary N) is 1. The van der Waals surface area contributed by atoms with Crippen LogP contribution in [0.3, 0.4) is 0 Å². The fourth-order valence-electron chi connectivity index (χ4n) is 2.04. The van der Waals surface area contributed by atoms with Gasteiger partial charge in [0.2, 0.25) is 0 Å². The topological polar surface area (TPSA) is 41.1 Å². The smallest absolute Gasteiger partial charge is 0.0726 e. The molecule has 1 saturated heterocycles. The molecule has 1 atom stereocenters. The second kappa shape index (κ2) is 6.78. The molecule has 0 saturated carbocycles. The fraction of sp³-hybridized carbons (Fsp3) is 0.636. The molecule has 1 N–H and O–H groups in total. The summed E-state index contributed by atoms with van der Waals surface area (Å²) in [5.41, 5.74) is 1.04. The quantitative estimate of drug-likeness (QED) is 0.858. The molecule has 0 amide bonds. The molecule has 4 nitrogen and oxygen atoms in total. The van der Waals surface area contributed by atoms with Gasteiger partial charge in [-0.05, 0) is 26.4 Å². The second-order valence-corrected chi connectivity index (χ2v) is 4.19. The van der Waals surface area contributed by atoms with Crippen molar-refractivity contribution in [2.24, 2.45) is 0 Å². The predicted octanol–water partition coefficient (Wildman–Crippen LogP) is 1.08. The van der Waals surface area contributed by atoms with Gasteiger partial charge >= 0.3 is 0 Å². The van der Waals surface area contributed by atoms with E-state index in [1.54, 1.807) is 12.4 Å². The van der Waals surface area contributed by atoms with E-state index in [4.69, 9.17) is 0 Å². The molecule has 1 aromatic rings. The maximum Gasteiger partial charge on any atom is 0.0726 e. The van der Waals surface area contributed by atoms with E-state index in [0.29, 0.717) is 6.04 Å². The lowest BCUT2D eigenvalue weighted by Gasteiger charge is -2.20. The summed E-state index contributed by atoms with van der Waals surface area (Å²) in [7, 11) is 2.13.